The van der Waals surface area contributed by atoms with Crippen LogP contribution in [-0.2, 0) is 11.2 Å². The van der Waals surface area contributed by atoms with Crippen molar-refractivity contribution in [2.45, 2.75) is 25.8 Å². The topological polar surface area (TPSA) is 83.9 Å². The Bertz CT molecular complexity index is 1140. The maximum atomic E-state index is 5.45. The molecule has 0 radical (unpaired) electrons. The van der Waals surface area contributed by atoms with Gasteiger partial charge < -0.3 is 19.9 Å². The molecular formula is C24H29N7O. The number of fused-ring (bicyclic) bond motifs is 1. The quantitative estimate of drug-likeness (QED) is 0.446. The molecule has 1 fully saturated rings. The molecule has 0 amide bonds. The second-order valence-corrected chi connectivity index (χ2v) is 8.09. The minimum Gasteiger partial charge on any atom is -0.378 e. The number of morpholine rings is 1. The molecule has 2 aromatic heterocycles. The Morgan fingerprint density at radius 1 is 1.06 bits per heavy atom. The lowest BCUT2D eigenvalue weighted by Crippen LogP contribution is -2.36. The number of aromatic nitrogens is 5. The molecule has 0 saturated carbocycles. The van der Waals surface area contributed by atoms with Gasteiger partial charge in [0, 0.05) is 35.9 Å². The van der Waals surface area contributed by atoms with Gasteiger partial charge in [0.15, 0.2) is 5.82 Å². The molecular weight excluding hydrogens is 402 g/mol. The minimum atomic E-state index is 0.0779. The van der Waals surface area contributed by atoms with Gasteiger partial charge in [0.1, 0.15) is 0 Å². The van der Waals surface area contributed by atoms with Crippen LogP contribution in [-0.4, -0.2) is 58.0 Å². The highest BCUT2D eigenvalue weighted by molar-refractivity contribution is 5.83. The Morgan fingerprint density at radius 3 is 2.66 bits per heavy atom. The lowest BCUT2D eigenvalue weighted by molar-refractivity contribution is 0.122. The van der Waals surface area contributed by atoms with Crippen LogP contribution >= 0.6 is 0 Å². The number of tetrazole rings is 1. The average molecular weight is 432 g/mol. The summed E-state index contributed by atoms with van der Waals surface area (Å²) < 4.78 is 7.30. The number of rotatable bonds is 8. The predicted molar refractivity (Wildman–Crippen MR) is 125 cm³/mol. The molecule has 1 atom stereocenters. The van der Waals surface area contributed by atoms with Gasteiger partial charge in [-0.2, -0.15) is 4.68 Å². The molecule has 0 aliphatic carbocycles. The Labute approximate surface area is 187 Å². The third-order valence-electron chi connectivity index (χ3n) is 6.14. The SMILES string of the molecule is CC[C@@H](NCCc1c[nH]c2ccccc12)c1nnnn1-c1ccc(N2CCOCC2)cc1. The molecule has 2 N–H and O–H groups in total. The van der Waals surface area contributed by atoms with Crippen LogP contribution < -0.4 is 10.2 Å². The molecule has 32 heavy (non-hydrogen) atoms. The minimum absolute atomic E-state index is 0.0779. The standard InChI is InChI=1S/C24H29N7O/c1-2-22(25-12-11-18-17-26-23-6-4-3-5-21(18)23)24-27-28-29-31(24)20-9-7-19(8-10-20)30-13-15-32-16-14-30/h3-10,17,22,25-26H,2,11-16H2,1H3/t22-/m1/s1. The van der Waals surface area contributed by atoms with Crippen LogP contribution in [0.4, 0.5) is 5.69 Å². The summed E-state index contributed by atoms with van der Waals surface area (Å²) in [4.78, 5) is 5.69. The van der Waals surface area contributed by atoms with E-state index in [0.29, 0.717) is 0 Å². The first kappa shape index (κ1) is 20.7. The molecule has 2 aromatic carbocycles. The predicted octanol–water partition coefficient (Wildman–Crippen LogP) is 3.26. The average Bonchev–Trinajstić information content (AvgIpc) is 3.50. The fourth-order valence-corrected chi connectivity index (χ4v) is 4.36. The molecule has 3 heterocycles. The number of aromatic amines is 1. The highest BCUT2D eigenvalue weighted by Gasteiger charge is 2.19. The van der Waals surface area contributed by atoms with Crippen molar-refractivity contribution in [2.75, 3.05) is 37.7 Å². The van der Waals surface area contributed by atoms with Crippen molar-refractivity contribution < 1.29 is 4.74 Å². The van der Waals surface area contributed by atoms with Crippen molar-refractivity contribution in [3.8, 4) is 5.69 Å². The van der Waals surface area contributed by atoms with Gasteiger partial charge in [-0.25, -0.2) is 0 Å². The number of benzene rings is 2. The number of H-pyrrole nitrogens is 1. The Morgan fingerprint density at radius 2 is 1.84 bits per heavy atom. The molecule has 5 rings (SSSR count). The van der Waals surface area contributed by atoms with E-state index < -0.39 is 0 Å². The molecule has 1 aliphatic heterocycles. The summed E-state index contributed by atoms with van der Waals surface area (Å²) in [6, 6.07) is 16.9. The zero-order valence-corrected chi connectivity index (χ0v) is 18.4. The first-order valence-corrected chi connectivity index (χ1v) is 11.3. The van der Waals surface area contributed by atoms with E-state index in [4.69, 9.17) is 4.74 Å². The van der Waals surface area contributed by atoms with Crippen LogP contribution in [0.25, 0.3) is 16.6 Å². The van der Waals surface area contributed by atoms with Crippen molar-refractivity contribution >= 4 is 16.6 Å². The van der Waals surface area contributed by atoms with Gasteiger partial charge in [-0.05, 0) is 65.7 Å². The molecule has 0 unspecified atom stereocenters. The summed E-state index contributed by atoms with van der Waals surface area (Å²) in [5.41, 5.74) is 4.68. The third-order valence-corrected chi connectivity index (χ3v) is 6.14. The van der Waals surface area contributed by atoms with Crippen LogP contribution in [0.1, 0.15) is 30.8 Å². The van der Waals surface area contributed by atoms with E-state index in [2.05, 4.69) is 92.4 Å². The normalized spacial score (nSPS) is 15.3. The molecule has 4 aromatic rings. The second kappa shape index (κ2) is 9.50. The van der Waals surface area contributed by atoms with Crippen molar-refractivity contribution in [3.05, 3.63) is 66.1 Å². The number of nitrogens with one attached hydrogen (secondary N) is 2. The monoisotopic (exact) mass is 431 g/mol. The summed E-state index contributed by atoms with van der Waals surface area (Å²) in [5, 5.41) is 17.5. The van der Waals surface area contributed by atoms with Crippen LogP contribution in [0.15, 0.2) is 54.7 Å². The second-order valence-electron chi connectivity index (χ2n) is 8.09. The molecule has 8 nitrogen and oxygen atoms in total. The van der Waals surface area contributed by atoms with E-state index in [0.717, 1.165) is 57.2 Å². The van der Waals surface area contributed by atoms with Crippen molar-refractivity contribution in [1.82, 2.24) is 30.5 Å². The fourth-order valence-electron chi connectivity index (χ4n) is 4.36. The van der Waals surface area contributed by atoms with Gasteiger partial charge in [0.2, 0.25) is 0 Å². The van der Waals surface area contributed by atoms with E-state index >= 15 is 0 Å². The number of para-hydroxylation sites is 1. The van der Waals surface area contributed by atoms with E-state index in [-0.39, 0.29) is 6.04 Å². The Kier molecular flexibility index (Phi) is 6.13. The number of hydrogen-bond donors (Lipinski definition) is 2. The zero-order valence-electron chi connectivity index (χ0n) is 18.4. The van der Waals surface area contributed by atoms with Gasteiger partial charge in [-0.15, -0.1) is 5.10 Å². The maximum Gasteiger partial charge on any atom is 0.173 e. The fraction of sp³-hybridized carbons (Fsp3) is 0.375. The summed E-state index contributed by atoms with van der Waals surface area (Å²) in [6.07, 6.45) is 3.95. The molecule has 0 spiro atoms. The van der Waals surface area contributed by atoms with E-state index in [9.17, 15) is 0 Å². The van der Waals surface area contributed by atoms with Gasteiger partial charge in [-0.1, -0.05) is 25.1 Å². The highest BCUT2D eigenvalue weighted by atomic mass is 16.5. The molecule has 1 saturated heterocycles. The zero-order chi connectivity index (χ0) is 21.8. The number of ether oxygens (including phenoxy) is 1. The number of nitrogens with zero attached hydrogens (tertiary/aromatic N) is 5. The third kappa shape index (κ3) is 4.24. The summed E-state index contributed by atoms with van der Waals surface area (Å²) in [6.45, 7) is 6.41. The van der Waals surface area contributed by atoms with E-state index in [1.807, 2.05) is 4.68 Å². The number of anilines is 1. The van der Waals surface area contributed by atoms with Crippen molar-refractivity contribution in [3.63, 3.8) is 0 Å². The first-order valence-electron chi connectivity index (χ1n) is 11.3. The van der Waals surface area contributed by atoms with E-state index in [1.165, 1.54) is 22.2 Å². The molecule has 8 heteroatoms. The maximum absolute atomic E-state index is 5.45. The van der Waals surface area contributed by atoms with Crippen LogP contribution in [0, 0.1) is 0 Å². The van der Waals surface area contributed by atoms with Gasteiger partial charge in [0.05, 0.1) is 24.9 Å². The smallest absolute Gasteiger partial charge is 0.173 e. The molecule has 1 aliphatic rings. The summed E-state index contributed by atoms with van der Waals surface area (Å²) in [5.74, 6) is 0.838. The van der Waals surface area contributed by atoms with Crippen LogP contribution in [0.3, 0.4) is 0 Å². The van der Waals surface area contributed by atoms with Gasteiger partial charge in [0.25, 0.3) is 0 Å². The van der Waals surface area contributed by atoms with Gasteiger partial charge >= 0.3 is 0 Å². The van der Waals surface area contributed by atoms with Crippen LogP contribution in [0.2, 0.25) is 0 Å². The van der Waals surface area contributed by atoms with Crippen molar-refractivity contribution in [1.29, 1.82) is 0 Å². The highest BCUT2D eigenvalue weighted by Crippen LogP contribution is 2.22. The number of hydrogen-bond acceptors (Lipinski definition) is 6. The molecule has 0 bridgehead atoms. The lowest BCUT2D eigenvalue weighted by Gasteiger charge is -2.28. The Hall–Kier alpha value is -3.23. The van der Waals surface area contributed by atoms with Crippen LogP contribution in [0.5, 0.6) is 0 Å². The largest absolute Gasteiger partial charge is 0.378 e. The Balaban J connectivity index is 1.27. The lowest BCUT2D eigenvalue weighted by atomic mass is 10.1. The first-order chi connectivity index (χ1) is 15.8. The molecule has 166 valence electrons. The van der Waals surface area contributed by atoms with Crippen molar-refractivity contribution in [2.24, 2.45) is 0 Å². The van der Waals surface area contributed by atoms with E-state index in [1.54, 1.807) is 0 Å². The summed E-state index contributed by atoms with van der Waals surface area (Å²) >= 11 is 0. The van der Waals surface area contributed by atoms with Gasteiger partial charge in [-0.3, -0.25) is 0 Å². The summed E-state index contributed by atoms with van der Waals surface area (Å²) in [7, 11) is 0.